The summed E-state index contributed by atoms with van der Waals surface area (Å²) in [5.74, 6) is 0.791. The van der Waals surface area contributed by atoms with Gasteiger partial charge in [0.2, 0.25) is 0 Å². The van der Waals surface area contributed by atoms with Crippen molar-refractivity contribution in [3.05, 3.63) is 65.2 Å². The number of benzene rings is 1. The molecule has 0 saturated heterocycles. The van der Waals surface area contributed by atoms with Crippen molar-refractivity contribution in [3.8, 4) is 0 Å². The van der Waals surface area contributed by atoms with Crippen molar-refractivity contribution in [1.82, 2.24) is 10.3 Å². The van der Waals surface area contributed by atoms with Crippen LogP contribution >= 0.6 is 0 Å². The van der Waals surface area contributed by atoms with Gasteiger partial charge in [-0.25, -0.2) is 0 Å². The lowest BCUT2D eigenvalue weighted by Gasteiger charge is -2.09. The Morgan fingerprint density at radius 1 is 1.23 bits per heavy atom. The first kappa shape index (κ1) is 14.3. The highest BCUT2D eigenvalue weighted by molar-refractivity contribution is 6.06. The van der Waals surface area contributed by atoms with Crippen molar-refractivity contribution in [2.45, 2.75) is 20.3 Å². The van der Waals surface area contributed by atoms with E-state index in [4.69, 9.17) is 4.42 Å². The standard InChI is InChI=1S/C18H18N2O2/c1-12-5-6-17-15(10-12)16(11-13(2)20-17)18(21)19-8-7-14-4-3-9-22-14/h3-6,9-11H,7-8H2,1-2H3,(H,19,21). The molecule has 0 radical (unpaired) electrons. The van der Waals surface area contributed by atoms with Crippen LogP contribution in [0.1, 0.15) is 27.4 Å². The van der Waals surface area contributed by atoms with Crippen molar-refractivity contribution in [3.63, 3.8) is 0 Å². The Bertz CT molecular complexity index is 807. The fourth-order valence-electron chi connectivity index (χ4n) is 2.51. The number of aromatic nitrogens is 1. The third-order valence-corrected chi connectivity index (χ3v) is 3.57. The van der Waals surface area contributed by atoms with Crippen molar-refractivity contribution in [2.24, 2.45) is 0 Å². The smallest absolute Gasteiger partial charge is 0.252 e. The Hall–Kier alpha value is -2.62. The maximum Gasteiger partial charge on any atom is 0.252 e. The van der Waals surface area contributed by atoms with Gasteiger partial charge >= 0.3 is 0 Å². The van der Waals surface area contributed by atoms with E-state index in [2.05, 4.69) is 10.3 Å². The summed E-state index contributed by atoms with van der Waals surface area (Å²) in [6.07, 6.45) is 2.32. The molecule has 0 spiro atoms. The lowest BCUT2D eigenvalue weighted by Crippen LogP contribution is -2.26. The Balaban J connectivity index is 1.82. The van der Waals surface area contributed by atoms with E-state index in [1.165, 1.54) is 0 Å². The van der Waals surface area contributed by atoms with E-state index in [-0.39, 0.29) is 5.91 Å². The van der Waals surface area contributed by atoms with Gasteiger partial charge in [0.1, 0.15) is 5.76 Å². The van der Waals surface area contributed by atoms with Crippen molar-refractivity contribution >= 4 is 16.8 Å². The molecule has 1 N–H and O–H groups in total. The number of carbonyl (C=O) groups excluding carboxylic acids is 1. The number of hydrogen-bond acceptors (Lipinski definition) is 3. The molecule has 0 bridgehead atoms. The zero-order valence-electron chi connectivity index (χ0n) is 12.7. The number of fused-ring (bicyclic) bond motifs is 1. The van der Waals surface area contributed by atoms with Gasteiger partial charge in [0.25, 0.3) is 5.91 Å². The summed E-state index contributed by atoms with van der Waals surface area (Å²) in [5.41, 5.74) is 3.47. The van der Waals surface area contributed by atoms with Gasteiger partial charge < -0.3 is 9.73 Å². The second kappa shape index (κ2) is 6.02. The number of nitrogens with one attached hydrogen (secondary N) is 1. The third kappa shape index (κ3) is 3.01. The van der Waals surface area contributed by atoms with Crippen molar-refractivity contribution in [2.75, 3.05) is 6.54 Å². The van der Waals surface area contributed by atoms with Crippen LogP contribution in [0.2, 0.25) is 0 Å². The minimum Gasteiger partial charge on any atom is -0.469 e. The molecule has 3 aromatic rings. The fraction of sp³-hybridized carbons (Fsp3) is 0.222. The zero-order chi connectivity index (χ0) is 15.5. The van der Waals surface area contributed by atoms with E-state index in [0.29, 0.717) is 18.5 Å². The number of hydrogen-bond donors (Lipinski definition) is 1. The number of furan rings is 1. The molecule has 0 fully saturated rings. The average molecular weight is 294 g/mol. The molecule has 1 aromatic carbocycles. The van der Waals surface area contributed by atoms with Gasteiger partial charge in [-0.15, -0.1) is 0 Å². The summed E-state index contributed by atoms with van der Waals surface area (Å²) < 4.78 is 5.26. The van der Waals surface area contributed by atoms with Crippen LogP contribution in [0.5, 0.6) is 0 Å². The van der Waals surface area contributed by atoms with Crippen LogP contribution in [0.3, 0.4) is 0 Å². The average Bonchev–Trinajstić information content (AvgIpc) is 3.00. The van der Waals surface area contributed by atoms with Crippen molar-refractivity contribution in [1.29, 1.82) is 0 Å². The third-order valence-electron chi connectivity index (χ3n) is 3.57. The molecular formula is C18H18N2O2. The summed E-state index contributed by atoms with van der Waals surface area (Å²) in [7, 11) is 0. The molecule has 2 aromatic heterocycles. The molecule has 4 heteroatoms. The topological polar surface area (TPSA) is 55.1 Å². The van der Waals surface area contributed by atoms with Gasteiger partial charge in [-0.05, 0) is 44.2 Å². The summed E-state index contributed by atoms with van der Waals surface area (Å²) in [4.78, 5) is 17.0. The number of rotatable bonds is 4. The lowest BCUT2D eigenvalue weighted by atomic mass is 10.0. The summed E-state index contributed by atoms with van der Waals surface area (Å²) in [6, 6.07) is 11.6. The number of nitrogens with zero attached hydrogens (tertiary/aromatic N) is 1. The van der Waals surface area contributed by atoms with Crippen LogP contribution in [0, 0.1) is 13.8 Å². The molecule has 22 heavy (non-hydrogen) atoms. The molecule has 0 saturated carbocycles. The predicted molar refractivity (Wildman–Crippen MR) is 86.0 cm³/mol. The number of aryl methyl sites for hydroxylation is 2. The Morgan fingerprint density at radius 3 is 2.86 bits per heavy atom. The van der Waals surface area contributed by atoms with Gasteiger partial charge in [0.15, 0.2) is 0 Å². The normalized spacial score (nSPS) is 10.8. The number of carbonyl (C=O) groups is 1. The summed E-state index contributed by atoms with van der Waals surface area (Å²) in [5, 5.41) is 3.84. The Morgan fingerprint density at radius 2 is 2.09 bits per heavy atom. The van der Waals surface area contributed by atoms with Crippen LogP contribution in [0.15, 0.2) is 47.1 Å². The monoisotopic (exact) mass is 294 g/mol. The highest BCUT2D eigenvalue weighted by atomic mass is 16.3. The molecule has 3 rings (SSSR count). The molecule has 4 nitrogen and oxygen atoms in total. The maximum atomic E-state index is 12.5. The van der Waals surface area contributed by atoms with Gasteiger partial charge in [-0.2, -0.15) is 0 Å². The maximum absolute atomic E-state index is 12.5. The van der Waals surface area contributed by atoms with Crippen LogP contribution < -0.4 is 5.32 Å². The van der Waals surface area contributed by atoms with E-state index in [1.807, 2.05) is 50.2 Å². The van der Waals surface area contributed by atoms with Gasteiger partial charge in [-0.1, -0.05) is 11.6 Å². The first-order valence-electron chi connectivity index (χ1n) is 7.32. The molecule has 0 aliphatic rings. The summed E-state index contributed by atoms with van der Waals surface area (Å²) >= 11 is 0. The lowest BCUT2D eigenvalue weighted by molar-refractivity contribution is 0.0955. The Kier molecular flexibility index (Phi) is 3.92. The molecule has 2 heterocycles. The molecule has 0 atom stereocenters. The molecule has 0 aliphatic heterocycles. The predicted octanol–water partition coefficient (Wildman–Crippen LogP) is 3.42. The second-order valence-corrected chi connectivity index (χ2v) is 5.42. The Labute approximate surface area is 129 Å². The van der Waals surface area contributed by atoms with E-state index in [0.717, 1.165) is 27.9 Å². The number of amides is 1. The first-order chi connectivity index (χ1) is 10.6. The van der Waals surface area contributed by atoms with Crippen LogP contribution in [-0.2, 0) is 6.42 Å². The molecule has 0 aliphatic carbocycles. The largest absolute Gasteiger partial charge is 0.469 e. The van der Waals surface area contributed by atoms with Gasteiger partial charge in [0, 0.05) is 24.0 Å². The molecule has 112 valence electrons. The van der Waals surface area contributed by atoms with E-state index in [9.17, 15) is 4.79 Å². The van der Waals surface area contributed by atoms with E-state index >= 15 is 0 Å². The zero-order valence-corrected chi connectivity index (χ0v) is 12.7. The molecule has 0 unspecified atom stereocenters. The van der Waals surface area contributed by atoms with E-state index < -0.39 is 0 Å². The molecule has 1 amide bonds. The minimum atomic E-state index is -0.0762. The fourth-order valence-corrected chi connectivity index (χ4v) is 2.51. The SMILES string of the molecule is Cc1ccc2nc(C)cc(C(=O)NCCc3ccco3)c2c1. The van der Waals surface area contributed by atoms with E-state index in [1.54, 1.807) is 6.26 Å². The highest BCUT2D eigenvalue weighted by Crippen LogP contribution is 2.20. The van der Waals surface area contributed by atoms with Gasteiger partial charge in [-0.3, -0.25) is 9.78 Å². The second-order valence-electron chi connectivity index (χ2n) is 5.42. The number of pyridine rings is 1. The van der Waals surface area contributed by atoms with Crippen LogP contribution in [-0.4, -0.2) is 17.4 Å². The summed E-state index contributed by atoms with van der Waals surface area (Å²) in [6.45, 7) is 4.46. The first-order valence-corrected chi connectivity index (χ1v) is 7.32. The van der Waals surface area contributed by atoms with Gasteiger partial charge in [0.05, 0.1) is 17.3 Å². The quantitative estimate of drug-likeness (QED) is 0.802. The van der Waals surface area contributed by atoms with Crippen molar-refractivity contribution < 1.29 is 9.21 Å². The minimum absolute atomic E-state index is 0.0762. The highest BCUT2D eigenvalue weighted by Gasteiger charge is 2.12. The van der Waals surface area contributed by atoms with Crippen LogP contribution in [0.4, 0.5) is 0 Å². The van der Waals surface area contributed by atoms with Crippen LogP contribution in [0.25, 0.3) is 10.9 Å². The molecular weight excluding hydrogens is 276 g/mol.